The molecule has 0 aromatic heterocycles. The van der Waals surface area contributed by atoms with Crippen LogP contribution in [0.15, 0.2) is 48.5 Å². The lowest BCUT2D eigenvalue weighted by Gasteiger charge is -2.23. The van der Waals surface area contributed by atoms with Crippen LogP contribution < -0.4 is 4.74 Å². The van der Waals surface area contributed by atoms with E-state index < -0.39 is 11.7 Å². The molecule has 1 unspecified atom stereocenters. The van der Waals surface area contributed by atoms with Crippen molar-refractivity contribution >= 4 is 11.9 Å². The topological polar surface area (TPSA) is 65.1 Å². The average Bonchev–Trinajstić information content (AvgIpc) is 2.79. The minimum atomic E-state index is -0.543. The zero-order valence-corrected chi connectivity index (χ0v) is 19.7. The van der Waals surface area contributed by atoms with Gasteiger partial charge in [-0.15, -0.1) is 0 Å². The molecule has 1 aliphatic heterocycles. The van der Waals surface area contributed by atoms with Gasteiger partial charge in [-0.3, -0.25) is 4.79 Å². The summed E-state index contributed by atoms with van der Waals surface area (Å²) in [5, 5.41) is 0. The fourth-order valence-electron chi connectivity index (χ4n) is 3.18. The number of benzene rings is 2. The van der Waals surface area contributed by atoms with Crippen molar-refractivity contribution < 1.29 is 23.8 Å². The highest BCUT2D eigenvalue weighted by Crippen LogP contribution is 2.21. The first-order valence-corrected chi connectivity index (χ1v) is 11.2. The van der Waals surface area contributed by atoms with Crippen LogP contribution in [0.3, 0.4) is 0 Å². The number of ketones is 1. The highest BCUT2D eigenvalue weighted by molar-refractivity contribution is 6.09. The van der Waals surface area contributed by atoms with Gasteiger partial charge < -0.3 is 19.1 Å². The van der Waals surface area contributed by atoms with Gasteiger partial charge in [0.25, 0.3) is 0 Å². The number of carbonyl (C=O) groups excluding carboxylic acids is 2. The van der Waals surface area contributed by atoms with Gasteiger partial charge in [0, 0.05) is 30.2 Å². The van der Waals surface area contributed by atoms with Crippen molar-refractivity contribution in [3.8, 4) is 17.6 Å². The average molecular weight is 450 g/mol. The fourth-order valence-corrected chi connectivity index (χ4v) is 3.18. The van der Waals surface area contributed by atoms with Gasteiger partial charge in [-0.1, -0.05) is 11.8 Å². The van der Waals surface area contributed by atoms with E-state index in [4.69, 9.17) is 14.2 Å². The summed E-state index contributed by atoms with van der Waals surface area (Å²) in [7, 11) is 1.64. The Balaban J connectivity index is 1.55. The van der Waals surface area contributed by atoms with Crippen molar-refractivity contribution in [1.82, 2.24) is 4.90 Å². The first-order chi connectivity index (χ1) is 15.7. The molecule has 6 nitrogen and oxygen atoms in total. The quantitative estimate of drug-likeness (QED) is 0.473. The van der Waals surface area contributed by atoms with Crippen molar-refractivity contribution in [2.75, 3.05) is 20.2 Å². The van der Waals surface area contributed by atoms with Crippen molar-refractivity contribution in [2.24, 2.45) is 0 Å². The third kappa shape index (κ3) is 7.65. The van der Waals surface area contributed by atoms with Crippen molar-refractivity contribution in [2.45, 2.75) is 51.9 Å². The van der Waals surface area contributed by atoms with Crippen molar-refractivity contribution in [1.29, 1.82) is 0 Å². The molecule has 2 aromatic carbocycles. The monoisotopic (exact) mass is 449 g/mol. The predicted molar refractivity (Wildman–Crippen MR) is 126 cm³/mol. The normalized spacial score (nSPS) is 15.7. The highest BCUT2D eigenvalue weighted by atomic mass is 16.7. The van der Waals surface area contributed by atoms with Gasteiger partial charge in [-0.25, -0.2) is 4.79 Å². The van der Waals surface area contributed by atoms with E-state index >= 15 is 0 Å². The standard InChI is InChI=1S/C27H31NO5/c1-27(2,3)33-26(30)28(4)18-7-8-20-10-12-21(13-11-20)25(29)22-14-16-23(17-15-22)32-24-9-5-6-19-31-24/h10-17,24H,5-6,9,18-19H2,1-4H3. The highest BCUT2D eigenvalue weighted by Gasteiger charge is 2.19. The minimum absolute atomic E-state index is 0.0698. The van der Waals surface area contributed by atoms with E-state index in [2.05, 4.69) is 11.8 Å². The van der Waals surface area contributed by atoms with Gasteiger partial charge in [-0.2, -0.15) is 0 Å². The minimum Gasteiger partial charge on any atom is -0.465 e. The molecule has 1 aliphatic rings. The summed E-state index contributed by atoms with van der Waals surface area (Å²) in [5.41, 5.74) is 1.39. The maximum absolute atomic E-state index is 12.8. The molecule has 2 aromatic rings. The summed E-state index contributed by atoms with van der Waals surface area (Å²) in [6, 6.07) is 14.2. The Morgan fingerprint density at radius 1 is 1.03 bits per heavy atom. The molecule has 3 rings (SSSR count). The van der Waals surface area contributed by atoms with Gasteiger partial charge in [0.1, 0.15) is 11.4 Å². The van der Waals surface area contributed by atoms with E-state index in [0.29, 0.717) is 16.9 Å². The molecule has 33 heavy (non-hydrogen) atoms. The SMILES string of the molecule is CN(CC#Cc1ccc(C(=O)c2ccc(OC3CCCCO3)cc2)cc1)C(=O)OC(C)(C)C. The largest absolute Gasteiger partial charge is 0.465 e. The number of hydrogen-bond acceptors (Lipinski definition) is 5. The predicted octanol–water partition coefficient (Wildman–Crippen LogP) is 5.04. The van der Waals surface area contributed by atoms with E-state index in [1.54, 1.807) is 55.6 Å². The van der Waals surface area contributed by atoms with Gasteiger partial charge >= 0.3 is 6.09 Å². The lowest BCUT2D eigenvalue weighted by molar-refractivity contribution is -0.105. The van der Waals surface area contributed by atoms with Crippen LogP contribution in [0.4, 0.5) is 4.79 Å². The van der Waals surface area contributed by atoms with Crippen LogP contribution in [-0.4, -0.2) is 48.9 Å². The van der Waals surface area contributed by atoms with Gasteiger partial charge in [0.2, 0.25) is 0 Å². The number of hydrogen-bond donors (Lipinski definition) is 0. The lowest BCUT2D eigenvalue weighted by atomic mass is 10.0. The summed E-state index contributed by atoms with van der Waals surface area (Å²) in [4.78, 5) is 26.2. The Morgan fingerprint density at radius 2 is 1.67 bits per heavy atom. The molecule has 174 valence electrons. The second-order valence-corrected chi connectivity index (χ2v) is 8.98. The van der Waals surface area contributed by atoms with E-state index in [-0.39, 0.29) is 18.6 Å². The first-order valence-electron chi connectivity index (χ1n) is 11.2. The van der Waals surface area contributed by atoms with E-state index in [1.807, 2.05) is 20.8 Å². The Morgan fingerprint density at radius 3 is 2.24 bits per heavy atom. The van der Waals surface area contributed by atoms with E-state index in [9.17, 15) is 9.59 Å². The van der Waals surface area contributed by atoms with Crippen LogP contribution in [-0.2, 0) is 9.47 Å². The number of rotatable bonds is 5. The second kappa shape index (κ2) is 11.0. The maximum atomic E-state index is 12.8. The summed E-state index contributed by atoms with van der Waals surface area (Å²) < 4.78 is 16.7. The van der Waals surface area contributed by atoms with Crippen molar-refractivity contribution in [3.05, 3.63) is 65.2 Å². The van der Waals surface area contributed by atoms with Crippen LogP contribution >= 0.6 is 0 Å². The molecule has 0 N–H and O–H groups in total. The maximum Gasteiger partial charge on any atom is 0.410 e. The lowest BCUT2D eigenvalue weighted by Crippen LogP contribution is -2.34. The Labute approximate surface area is 195 Å². The second-order valence-electron chi connectivity index (χ2n) is 8.98. The number of nitrogens with zero attached hydrogens (tertiary/aromatic N) is 1. The first kappa shape index (κ1) is 24.3. The molecule has 6 heteroatoms. The third-order valence-electron chi connectivity index (χ3n) is 4.92. The molecular formula is C27H31NO5. The molecule has 0 saturated carbocycles. The molecule has 1 atom stereocenters. The molecule has 0 radical (unpaired) electrons. The molecule has 1 heterocycles. The molecule has 1 amide bonds. The van der Waals surface area contributed by atoms with Crippen molar-refractivity contribution in [3.63, 3.8) is 0 Å². The Kier molecular flexibility index (Phi) is 8.13. The molecule has 0 aliphatic carbocycles. The molecule has 1 fully saturated rings. The van der Waals surface area contributed by atoms with Gasteiger partial charge in [0.05, 0.1) is 13.2 Å². The van der Waals surface area contributed by atoms with Gasteiger partial charge in [0.15, 0.2) is 12.1 Å². The summed E-state index contributed by atoms with van der Waals surface area (Å²) in [6.07, 6.45) is 2.43. The zero-order valence-electron chi connectivity index (χ0n) is 19.7. The van der Waals surface area contributed by atoms with E-state index in [1.165, 1.54) is 4.90 Å². The smallest absolute Gasteiger partial charge is 0.410 e. The molecule has 0 bridgehead atoms. The Hall–Kier alpha value is -3.30. The van der Waals surface area contributed by atoms with E-state index in [0.717, 1.165) is 31.4 Å². The molecule has 1 saturated heterocycles. The van der Waals surface area contributed by atoms with Gasteiger partial charge in [-0.05, 0) is 82.1 Å². The number of amides is 1. The van der Waals surface area contributed by atoms with Crippen LogP contribution in [0.25, 0.3) is 0 Å². The molecular weight excluding hydrogens is 418 g/mol. The zero-order chi connectivity index (χ0) is 23.8. The third-order valence-corrected chi connectivity index (χ3v) is 4.92. The summed E-state index contributed by atoms with van der Waals surface area (Å²) >= 11 is 0. The Bertz CT molecular complexity index is 1000. The van der Waals surface area contributed by atoms with Crippen LogP contribution in [0.5, 0.6) is 5.75 Å². The van der Waals surface area contributed by atoms with Crippen LogP contribution in [0.1, 0.15) is 61.5 Å². The number of carbonyl (C=O) groups is 2. The van der Waals surface area contributed by atoms with Crippen LogP contribution in [0, 0.1) is 11.8 Å². The summed E-state index contributed by atoms with van der Waals surface area (Å²) in [6.45, 7) is 6.43. The fraction of sp³-hybridized carbons (Fsp3) is 0.407. The number of ether oxygens (including phenoxy) is 3. The summed E-state index contributed by atoms with van der Waals surface area (Å²) in [5.74, 6) is 6.59. The molecule has 0 spiro atoms. The van der Waals surface area contributed by atoms with Crippen LogP contribution in [0.2, 0.25) is 0 Å².